The summed E-state index contributed by atoms with van der Waals surface area (Å²) in [5.74, 6) is 0. The van der Waals surface area contributed by atoms with Crippen LogP contribution in [0, 0.1) is 0 Å². The highest BCUT2D eigenvalue weighted by Crippen LogP contribution is 2.07. The molecule has 0 aliphatic carbocycles. The number of nitrogens with zero attached hydrogens (tertiary/aromatic N) is 1. The van der Waals surface area contributed by atoms with E-state index in [-0.39, 0.29) is 0 Å². The molecule has 0 amide bonds. The lowest BCUT2D eigenvalue weighted by Gasteiger charge is -2.23. The average Bonchev–Trinajstić information content (AvgIpc) is 2.29. The number of allylic oxidation sites excluding steroid dienone is 2. The van der Waals surface area contributed by atoms with Crippen molar-refractivity contribution in [1.29, 1.82) is 0 Å². The average molecular weight is 186 g/mol. The van der Waals surface area contributed by atoms with Crippen molar-refractivity contribution in [2.75, 3.05) is 13.1 Å². The summed E-state index contributed by atoms with van der Waals surface area (Å²) in [5.41, 5.74) is 2.82. The van der Waals surface area contributed by atoms with Gasteiger partial charge in [0.05, 0.1) is 0 Å². The Morgan fingerprint density at radius 3 is 3.29 bits per heavy atom. The molecule has 0 fully saturated rings. The summed E-state index contributed by atoms with van der Waals surface area (Å²) in [7, 11) is 0. The normalized spacial score (nSPS) is 23.7. The lowest BCUT2D eigenvalue weighted by atomic mass is 10.1. The molecule has 0 radical (unpaired) electrons. The summed E-state index contributed by atoms with van der Waals surface area (Å²) < 4.78 is 2.34. The minimum absolute atomic E-state index is 1.14. The molecule has 1 aromatic rings. The van der Waals surface area contributed by atoms with Gasteiger partial charge in [0.1, 0.15) is 13.1 Å². The molecule has 0 saturated carbocycles. The molecule has 1 atom stereocenters. The smallest absolute Gasteiger partial charge is 0.266 e. The second-order valence-electron chi connectivity index (χ2n) is 3.85. The van der Waals surface area contributed by atoms with Crippen LogP contribution in [0.2, 0.25) is 0 Å². The molecule has 3 rings (SSSR count). The molecule has 1 unspecified atom stereocenters. The monoisotopic (exact) mass is 186 g/mol. The third-order valence-corrected chi connectivity index (χ3v) is 3.02. The number of aromatic nitrogens is 1. The van der Waals surface area contributed by atoms with Crippen molar-refractivity contribution in [2.24, 2.45) is 0 Å². The zero-order valence-electron chi connectivity index (χ0n) is 8.11. The standard InChI is InChI=1S/C12H13N2/c1-3-7-13-9-10-14-8-4-2-6-12(14)11(13)5-1/h1-7H,8-10H2/q+1/p+1. The lowest BCUT2D eigenvalue weighted by molar-refractivity contribution is -0.877. The van der Waals surface area contributed by atoms with Gasteiger partial charge in [-0.3, -0.25) is 4.90 Å². The molecular weight excluding hydrogens is 172 g/mol. The Hall–Kier alpha value is -1.41. The van der Waals surface area contributed by atoms with Crippen LogP contribution in [-0.4, -0.2) is 13.1 Å². The van der Waals surface area contributed by atoms with E-state index in [4.69, 9.17) is 0 Å². The first-order valence-electron chi connectivity index (χ1n) is 5.16. The fourth-order valence-corrected chi connectivity index (χ4v) is 2.28. The van der Waals surface area contributed by atoms with Gasteiger partial charge in [0.25, 0.3) is 5.69 Å². The van der Waals surface area contributed by atoms with E-state index in [0.717, 1.165) is 13.1 Å². The number of fused-ring (bicyclic) bond motifs is 3. The summed E-state index contributed by atoms with van der Waals surface area (Å²) in [6.07, 6.45) is 8.83. The molecule has 2 heteroatoms. The van der Waals surface area contributed by atoms with Crippen molar-refractivity contribution in [3.8, 4) is 0 Å². The molecule has 0 spiro atoms. The summed E-state index contributed by atoms with van der Waals surface area (Å²) in [6.45, 7) is 3.48. The van der Waals surface area contributed by atoms with Crippen molar-refractivity contribution < 1.29 is 9.47 Å². The summed E-state index contributed by atoms with van der Waals surface area (Å²) in [5, 5.41) is 0. The van der Waals surface area contributed by atoms with Crippen molar-refractivity contribution in [1.82, 2.24) is 0 Å². The van der Waals surface area contributed by atoms with Crippen LogP contribution in [0.15, 0.2) is 42.6 Å². The van der Waals surface area contributed by atoms with E-state index in [1.807, 2.05) is 0 Å². The van der Waals surface area contributed by atoms with E-state index in [9.17, 15) is 0 Å². The maximum Gasteiger partial charge on any atom is 0.266 e. The van der Waals surface area contributed by atoms with Gasteiger partial charge in [0.15, 0.2) is 12.7 Å². The Labute approximate surface area is 83.8 Å². The SMILES string of the molecule is C1=CC[NH+]2CC[n+]3ccccc3C2=C1. The molecule has 3 heterocycles. The number of hydrogen-bond acceptors (Lipinski definition) is 0. The van der Waals surface area contributed by atoms with Crippen LogP contribution in [0.25, 0.3) is 5.70 Å². The quantitative estimate of drug-likeness (QED) is 0.536. The second kappa shape index (κ2) is 3.07. The minimum atomic E-state index is 1.14. The fourth-order valence-electron chi connectivity index (χ4n) is 2.28. The van der Waals surface area contributed by atoms with Crippen molar-refractivity contribution >= 4 is 5.70 Å². The van der Waals surface area contributed by atoms with E-state index in [1.165, 1.54) is 17.9 Å². The van der Waals surface area contributed by atoms with E-state index < -0.39 is 0 Å². The molecule has 1 N–H and O–H groups in total. The van der Waals surface area contributed by atoms with Crippen LogP contribution in [0.4, 0.5) is 0 Å². The molecule has 0 bridgehead atoms. The number of quaternary nitrogens is 1. The summed E-state index contributed by atoms with van der Waals surface area (Å²) >= 11 is 0. The first-order valence-corrected chi connectivity index (χ1v) is 5.16. The third kappa shape index (κ3) is 1.11. The maximum absolute atomic E-state index is 2.34. The second-order valence-corrected chi connectivity index (χ2v) is 3.85. The van der Waals surface area contributed by atoms with Gasteiger partial charge in [-0.15, -0.1) is 0 Å². The Kier molecular flexibility index (Phi) is 1.74. The first-order chi connectivity index (χ1) is 6.95. The summed E-state index contributed by atoms with van der Waals surface area (Å²) in [4.78, 5) is 1.60. The Morgan fingerprint density at radius 2 is 2.29 bits per heavy atom. The van der Waals surface area contributed by atoms with Gasteiger partial charge in [0, 0.05) is 18.2 Å². The number of hydrogen-bond donors (Lipinski definition) is 1. The number of nitrogens with one attached hydrogen (secondary N) is 1. The summed E-state index contributed by atoms with van der Waals surface area (Å²) in [6, 6.07) is 6.44. The fraction of sp³-hybridized carbons (Fsp3) is 0.250. The first kappa shape index (κ1) is 7.94. The van der Waals surface area contributed by atoms with Gasteiger partial charge in [-0.1, -0.05) is 6.08 Å². The van der Waals surface area contributed by atoms with Crippen LogP contribution in [0.1, 0.15) is 5.69 Å². The molecule has 0 saturated heterocycles. The minimum Gasteiger partial charge on any atom is -0.288 e. The molecule has 2 aliphatic rings. The Morgan fingerprint density at radius 1 is 1.29 bits per heavy atom. The van der Waals surface area contributed by atoms with Crippen LogP contribution in [-0.2, 0) is 6.54 Å². The van der Waals surface area contributed by atoms with Gasteiger partial charge in [-0.2, -0.15) is 4.57 Å². The molecule has 14 heavy (non-hydrogen) atoms. The van der Waals surface area contributed by atoms with E-state index >= 15 is 0 Å². The molecule has 2 aliphatic heterocycles. The van der Waals surface area contributed by atoms with E-state index in [0.29, 0.717) is 0 Å². The van der Waals surface area contributed by atoms with Gasteiger partial charge < -0.3 is 0 Å². The lowest BCUT2D eigenvalue weighted by Crippen LogP contribution is -3.12. The van der Waals surface area contributed by atoms with Gasteiger partial charge in [-0.25, -0.2) is 0 Å². The third-order valence-electron chi connectivity index (χ3n) is 3.02. The zero-order chi connectivity index (χ0) is 9.38. The molecule has 1 aromatic heterocycles. The topological polar surface area (TPSA) is 8.32 Å². The largest absolute Gasteiger partial charge is 0.288 e. The zero-order valence-corrected chi connectivity index (χ0v) is 8.11. The van der Waals surface area contributed by atoms with Crippen molar-refractivity contribution in [3.63, 3.8) is 0 Å². The maximum atomic E-state index is 2.34. The number of pyridine rings is 1. The van der Waals surface area contributed by atoms with Gasteiger partial charge >= 0.3 is 0 Å². The van der Waals surface area contributed by atoms with E-state index in [1.54, 1.807) is 4.90 Å². The molecule has 0 aromatic carbocycles. The van der Waals surface area contributed by atoms with Crippen LogP contribution >= 0.6 is 0 Å². The van der Waals surface area contributed by atoms with Crippen LogP contribution in [0.5, 0.6) is 0 Å². The van der Waals surface area contributed by atoms with E-state index in [2.05, 4.69) is 47.2 Å². The van der Waals surface area contributed by atoms with Gasteiger partial charge in [-0.05, 0) is 12.1 Å². The Bertz CT molecular complexity index is 418. The molecular formula is C12H14N2+2. The molecule has 70 valence electrons. The van der Waals surface area contributed by atoms with Crippen molar-refractivity contribution in [2.45, 2.75) is 6.54 Å². The predicted octanol–water partition coefficient (Wildman–Crippen LogP) is -0.217. The highest BCUT2D eigenvalue weighted by molar-refractivity contribution is 5.55. The van der Waals surface area contributed by atoms with Crippen molar-refractivity contribution in [3.05, 3.63) is 48.3 Å². The highest BCUT2D eigenvalue weighted by Gasteiger charge is 2.31. The van der Waals surface area contributed by atoms with Crippen LogP contribution < -0.4 is 9.47 Å². The predicted molar refractivity (Wildman–Crippen MR) is 54.5 cm³/mol. The van der Waals surface area contributed by atoms with Gasteiger partial charge in [0.2, 0.25) is 5.70 Å². The Balaban J connectivity index is 2.15. The van der Waals surface area contributed by atoms with Crippen LogP contribution in [0.3, 0.4) is 0 Å². The molecule has 2 nitrogen and oxygen atoms in total. The number of rotatable bonds is 0. The highest BCUT2D eigenvalue weighted by atomic mass is 15.2.